The molecule has 0 radical (unpaired) electrons. The summed E-state index contributed by atoms with van der Waals surface area (Å²) in [5, 5.41) is 19.3. The van der Waals surface area contributed by atoms with Gasteiger partial charge in [0.25, 0.3) is 0 Å². The Labute approximate surface area is 102 Å². The zero-order chi connectivity index (χ0) is 12.4. The summed E-state index contributed by atoms with van der Waals surface area (Å²) in [5.74, 6) is 0.720. The third kappa shape index (κ3) is 2.79. The molecule has 3 heteroatoms. The van der Waals surface area contributed by atoms with Gasteiger partial charge in [-0.3, -0.25) is 0 Å². The highest BCUT2D eigenvalue weighted by atomic mass is 16.5. The van der Waals surface area contributed by atoms with Crippen molar-refractivity contribution in [2.75, 3.05) is 0 Å². The van der Waals surface area contributed by atoms with Crippen molar-refractivity contribution in [2.24, 2.45) is 0 Å². The van der Waals surface area contributed by atoms with E-state index in [-0.39, 0.29) is 12.2 Å². The van der Waals surface area contributed by atoms with Crippen LogP contribution in [0.15, 0.2) is 18.2 Å². The molecule has 2 rings (SSSR count). The van der Waals surface area contributed by atoms with Gasteiger partial charge in [-0.25, -0.2) is 0 Å². The lowest BCUT2D eigenvalue weighted by Gasteiger charge is -2.23. The van der Waals surface area contributed by atoms with Crippen LogP contribution in [0, 0.1) is 0 Å². The second-order valence-electron chi connectivity index (χ2n) is 4.83. The second kappa shape index (κ2) is 5.07. The average molecular weight is 236 g/mol. The third-order valence-electron chi connectivity index (χ3n) is 3.40. The topological polar surface area (TPSA) is 49.7 Å². The lowest BCUT2D eigenvalue weighted by molar-refractivity contribution is 0.0601. The van der Waals surface area contributed by atoms with Crippen molar-refractivity contribution < 1.29 is 14.9 Å². The fourth-order valence-electron chi connectivity index (χ4n) is 2.14. The average Bonchev–Trinajstić information content (AvgIpc) is 2.30. The van der Waals surface area contributed by atoms with Crippen molar-refractivity contribution in [3.63, 3.8) is 0 Å². The quantitative estimate of drug-likeness (QED) is 0.846. The van der Waals surface area contributed by atoms with Gasteiger partial charge in [0.1, 0.15) is 11.9 Å². The van der Waals surface area contributed by atoms with Crippen LogP contribution in [-0.4, -0.2) is 22.4 Å². The molecule has 1 aliphatic rings. The summed E-state index contributed by atoms with van der Waals surface area (Å²) in [6.07, 6.45) is 1.77. The summed E-state index contributed by atoms with van der Waals surface area (Å²) >= 11 is 0. The molecule has 0 bridgehead atoms. The molecule has 3 atom stereocenters. The van der Waals surface area contributed by atoms with E-state index in [4.69, 9.17) is 4.74 Å². The number of benzene rings is 1. The van der Waals surface area contributed by atoms with Crippen LogP contribution in [0.25, 0.3) is 0 Å². The van der Waals surface area contributed by atoms with E-state index in [0.29, 0.717) is 0 Å². The molecule has 2 N–H and O–H groups in total. The highest BCUT2D eigenvalue weighted by Gasteiger charge is 2.19. The van der Waals surface area contributed by atoms with Gasteiger partial charge < -0.3 is 14.9 Å². The van der Waals surface area contributed by atoms with Crippen molar-refractivity contribution in [1.82, 2.24) is 0 Å². The first-order chi connectivity index (χ1) is 8.08. The first-order valence-corrected chi connectivity index (χ1v) is 6.23. The SMILES string of the molecule is CC(O)C(C)Oc1ccc2c(c1)[C@H](O)CCC2. The molecule has 1 aromatic carbocycles. The van der Waals surface area contributed by atoms with E-state index in [2.05, 4.69) is 0 Å². The van der Waals surface area contributed by atoms with E-state index in [1.165, 1.54) is 5.56 Å². The van der Waals surface area contributed by atoms with Crippen LogP contribution in [0.3, 0.4) is 0 Å². The minimum absolute atomic E-state index is 0.242. The Bertz CT molecular complexity index is 387. The Morgan fingerprint density at radius 2 is 2.12 bits per heavy atom. The van der Waals surface area contributed by atoms with Gasteiger partial charge in [0, 0.05) is 0 Å². The molecule has 0 aliphatic heterocycles. The number of aliphatic hydroxyl groups is 2. The van der Waals surface area contributed by atoms with Crippen molar-refractivity contribution in [3.8, 4) is 5.75 Å². The molecule has 0 saturated heterocycles. The molecule has 0 amide bonds. The van der Waals surface area contributed by atoms with Gasteiger partial charge in [0.2, 0.25) is 0 Å². The lowest BCUT2D eigenvalue weighted by atomic mass is 9.89. The van der Waals surface area contributed by atoms with E-state index in [1.807, 2.05) is 25.1 Å². The Morgan fingerprint density at radius 1 is 1.35 bits per heavy atom. The standard InChI is InChI=1S/C14H20O3/c1-9(15)10(2)17-12-7-6-11-4-3-5-14(16)13(11)8-12/h6-10,14-16H,3-5H2,1-2H3/t9?,10?,14-/m1/s1. The predicted octanol–water partition coefficient (Wildman–Crippen LogP) is 2.20. The maximum atomic E-state index is 9.92. The molecule has 1 aliphatic carbocycles. The zero-order valence-corrected chi connectivity index (χ0v) is 10.4. The van der Waals surface area contributed by atoms with E-state index in [9.17, 15) is 10.2 Å². The maximum absolute atomic E-state index is 9.92. The Kier molecular flexibility index (Phi) is 3.69. The molecule has 0 spiro atoms. The van der Waals surface area contributed by atoms with Crippen LogP contribution < -0.4 is 4.74 Å². The van der Waals surface area contributed by atoms with Crippen LogP contribution in [0.2, 0.25) is 0 Å². The van der Waals surface area contributed by atoms with E-state index in [1.54, 1.807) is 6.92 Å². The summed E-state index contributed by atoms with van der Waals surface area (Å²) in [5.41, 5.74) is 2.19. The zero-order valence-electron chi connectivity index (χ0n) is 10.4. The minimum atomic E-state index is -0.504. The molecule has 0 aromatic heterocycles. The van der Waals surface area contributed by atoms with Crippen molar-refractivity contribution in [2.45, 2.75) is 51.4 Å². The minimum Gasteiger partial charge on any atom is -0.488 e. The summed E-state index contributed by atoms with van der Waals surface area (Å²) in [7, 11) is 0. The molecule has 0 fully saturated rings. The van der Waals surface area contributed by atoms with Crippen molar-refractivity contribution in [1.29, 1.82) is 0 Å². The lowest BCUT2D eigenvalue weighted by Crippen LogP contribution is -2.25. The van der Waals surface area contributed by atoms with Crippen LogP contribution in [0.4, 0.5) is 0 Å². The number of hydrogen-bond donors (Lipinski definition) is 2. The normalized spacial score (nSPS) is 22.7. The van der Waals surface area contributed by atoms with Gasteiger partial charge in [-0.1, -0.05) is 6.07 Å². The molecule has 0 saturated carbocycles. The van der Waals surface area contributed by atoms with Gasteiger partial charge in [0.15, 0.2) is 0 Å². The van der Waals surface area contributed by atoms with E-state index >= 15 is 0 Å². The Morgan fingerprint density at radius 3 is 2.82 bits per heavy atom. The van der Waals surface area contributed by atoms with Crippen LogP contribution >= 0.6 is 0 Å². The van der Waals surface area contributed by atoms with E-state index in [0.717, 1.165) is 30.6 Å². The Hall–Kier alpha value is -1.06. The molecule has 94 valence electrons. The molecule has 3 nitrogen and oxygen atoms in total. The highest BCUT2D eigenvalue weighted by Crippen LogP contribution is 2.32. The second-order valence-corrected chi connectivity index (χ2v) is 4.83. The van der Waals surface area contributed by atoms with Gasteiger partial charge in [0.05, 0.1) is 12.2 Å². The number of ether oxygens (including phenoxy) is 1. The van der Waals surface area contributed by atoms with Gasteiger partial charge >= 0.3 is 0 Å². The number of fused-ring (bicyclic) bond motifs is 1. The van der Waals surface area contributed by atoms with Gasteiger partial charge in [-0.05, 0) is 56.4 Å². The monoisotopic (exact) mass is 236 g/mol. The molecule has 2 unspecified atom stereocenters. The molecular weight excluding hydrogens is 216 g/mol. The van der Waals surface area contributed by atoms with Crippen LogP contribution in [-0.2, 0) is 6.42 Å². The Balaban J connectivity index is 2.18. The summed E-state index contributed by atoms with van der Waals surface area (Å²) in [4.78, 5) is 0. The number of aryl methyl sites for hydroxylation is 1. The highest BCUT2D eigenvalue weighted by molar-refractivity contribution is 5.38. The van der Waals surface area contributed by atoms with Gasteiger partial charge in [-0.2, -0.15) is 0 Å². The third-order valence-corrected chi connectivity index (χ3v) is 3.40. The summed E-state index contributed by atoms with van der Waals surface area (Å²) < 4.78 is 5.63. The van der Waals surface area contributed by atoms with Crippen molar-refractivity contribution in [3.05, 3.63) is 29.3 Å². The molecule has 17 heavy (non-hydrogen) atoms. The molecule has 1 aromatic rings. The fraction of sp³-hybridized carbons (Fsp3) is 0.571. The number of hydrogen-bond acceptors (Lipinski definition) is 3. The smallest absolute Gasteiger partial charge is 0.121 e. The largest absolute Gasteiger partial charge is 0.488 e. The summed E-state index contributed by atoms with van der Waals surface area (Å²) in [6.45, 7) is 3.54. The number of rotatable bonds is 3. The number of aliphatic hydroxyl groups excluding tert-OH is 2. The first-order valence-electron chi connectivity index (χ1n) is 6.23. The summed E-state index contributed by atoms with van der Waals surface area (Å²) in [6, 6.07) is 5.83. The predicted molar refractivity (Wildman–Crippen MR) is 66.1 cm³/mol. The maximum Gasteiger partial charge on any atom is 0.121 e. The van der Waals surface area contributed by atoms with Gasteiger partial charge in [-0.15, -0.1) is 0 Å². The fourth-order valence-corrected chi connectivity index (χ4v) is 2.14. The van der Waals surface area contributed by atoms with Crippen LogP contribution in [0.1, 0.15) is 43.9 Å². The van der Waals surface area contributed by atoms with Crippen LogP contribution in [0.5, 0.6) is 5.75 Å². The van der Waals surface area contributed by atoms with Crippen molar-refractivity contribution >= 4 is 0 Å². The molecule has 0 heterocycles. The first kappa shape index (κ1) is 12.4. The molecular formula is C14H20O3. The van der Waals surface area contributed by atoms with E-state index < -0.39 is 6.10 Å².